The number of nitrogens with zero attached hydrogens (tertiary/aromatic N) is 3. The van der Waals surface area contributed by atoms with Gasteiger partial charge in [-0.2, -0.15) is 5.10 Å². The van der Waals surface area contributed by atoms with Gasteiger partial charge < -0.3 is 5.32 Å². The van der Waals surface area contributed by atoms with Crippen LogP contribution in [0.25, 0.3) is 10.9 Å². The Balaban J connectivity index is 1.77. The predicted octanol–water partition coefficient (Wildman–Crippen LogP) is 4.01. The van der Waals surface area contributed by atoms with E-state index in [1.807, 2.05) is 52.1 Å². The molecule has 2 aromatic heterocycles. The maximum atomic E-state index is 12.6. The Morgan fingerprint density at radius 3 is 2.64 bits per heavy atom. The number of thioether (sulfide) groups is 1. The normalized spacial score (nSPS) is 12.4. The minimum Gasteiger partial charge on any atom is -0.322 e. The molecule has 2 heterocycles. The molecule has 0 unspecified atom stereocenters. The second-order valence-electron chi connectivity index (χ2n) is 6.21. The van der Waals surface area contributed by atoms with Crippen molar-refractivity contribution in [2.75, 3.05) is 5.32 Å². The van der Waals surface area contributed by atoms with Crippen molar-refractivity contribution >= 4 is 34.3 Å². The molecule has 0 spiro atoms. The summed E-state index contributed by atoms with van der Waals surface area (Å²) in [7, 11) is 1.87. The average Bonchev–Trinajstić information content (AvgIpc) is 2.81. The zero-order valence-corrected chi connectivity index (χ0v) is 15.9. The van der Waals surface area contributed by atoms with Crippen LogP contribution in [-0.2, 0) is 11.8 Å². The fourth-order valence-corrected chi connectivity index (χ4v) is 3.72. The van der Waals surface area contributed by atoms with E-state index < -0.39 is 0 Å². The first-order chi connectivity index (χ1) is 11.9. The standard InChI is InChI=1S/C19H22N4OS/c1-11-10-17(20-16-9-7-6-8-15(11)16)25-14(4)19(24)21-18-12(2)22-23(5)13(18)3/h6-10,14H,1-5H3,(H,21,24)/t14-/m0/s1. The second kappa shape index (κ2) is 6.88. The van der Waals surface area contributed by atoms with E-state index in [4.69, 9.17) is 0 Å². The van der Waals surface area contributed by atoms with E-state index >= 15 is 0 Å². The molecule has 1 amide bonds. The topological polar surface area (TPSA) is 59.8 Å². The van der Waals surface area contributed by atoms with Gasteiger partial charge in [0.05, 0.1) is 32.9 Å². The van der Waals surface area contributed by atoms with Gasteiger partial charge >= 0.3 is 0 Å². The van der Waals surface area contributed by atoms with Crippen LogP contribution in [0.4, 0.5) is 5.69 Å². The van der Waals surface area contributed by atoms with Gasteiger partial charge in [0.2, 0.25) is 5.91 Å². The number of hydrogen-bond donors (Lipinski definition) is 1. The predicted molar refractivity (Wildman–Crippen MR) is 103 cm³/mol. The molecule has 0 fully saturated rings. The van der Waals surface area contributed by atoms with Gasteiger partial charge in [-0.15, -0.1) is 0 Å². The monoisotopic (exact) mass is 354 g/mol. The maximum Gasteiger partial charge on any atom is 0.237 e. The highest BCUT2D eigenvalue weighted by Crippen LogP contribution is 2.28. The van der Waals surface area contributed by atoms with E-state index in [1.54, 1.807) is 4.68 Å². The number of rotatable bonds is 4. The van der Waals surface area contributed by atoms with Crippen molar-refractivity contribution in [3.05, 3.63) is 47.3 Å². The molecule has 3 rings (SSSR count). The Hall–Kier alpha value is -2.34. The van der Waals surface area contributed by atoms with Crippen molar-refractivity contribution in [3.63, 3.8) is 0 Å². The molecule has 1 atom stereocenters. The molecule has 0 saturated carbocycles. The number of aryl methyl sites for hydroxylation is 3. The van der Waals surface area contributed by atoms with Crippen LogP contribution in [0, 0.1) is 20.8 Å². The summed E-state index contributed by atoms with van der Waals surface area (Å²) < 4.78 is 1.77. The van der Waals surface area contributed by atoms with Crippen molar-refractivity contribution in [1.82, 2.24) is 14.8 Å². The number of pyridine rings is 1. The summed E-state index contributed by atoms with van der Waals surface area (Å²) in [4.78, 5) is 17.3. The van der Waals surface area contributed by atoms with Gasteiger partial charge in [0.15, 0.2) is 0 Å². The van der Waals surface area contributed by atoms with Crippen LogP contribution in [-0.4, -0.2) is 25.9 Å². The molecule has 1 aromatic carbocycles. The lowest BCUT2D eigenvalue weighted by Gasteiger charge is -2.13. The van der Waals surface area contributed by atoms with E-state index in [-0.39, 0.29) is 11.2 Å². The summed E-state index contributed by atoms with van der Waals surface area (Å²) in [6.45, 7) is 7.81. The van der Waals surface area contributed by atoms with Gasteiger partial charge in [0.1, 0.15) is 0 Å². The van der Waals surface area contributed by atoms with Crippen molar-refractivity contribution in [2.24, 2.45) is 7.05 Å². The molecule has 25 heavy (non-hydrogen) atoms. The first kappa shape index (κ1) is 17.5. The summed E-state index contributed by atoms with van der Waals surface area (Å²) in [5, 5.41) is 9.08. The van der Waals surface area contributed by atoms with Crippen LogP contribution >= 0.6 is 11.8 Å². The molecular formula is C19H22N4OS. The summed E-state index contributed by atoms with van der Waals surface area (Å²) >= 11 is 1.47. The van der Waals surface area contributed by atoms with E-state index in [9.17, 15) is 4.79 Å². The van der Waals surface area contributed by atoms with Gasteiger partial charge in [0.25, 0.3) is 0 Å². The molecule has 0 aliphatic heterocycles. The maximum absolute atomic E-state index is 12.6. The van der Waals surface area contributed by atoms with Gasteiger partial charge in [-0.05, 0) is 45.4 Å². The van der Waals surface area contributed by atoms with Crippen LogP contribution in [0.5, 0.6) is 0 Å². The Labute approximate surface area is 151 Å². The van der Waals surface area contributed by atoms with Crippen molar-refractivity contribution in [1.29, 1.82) is 0 Å². The zero-order chi connectivity index (χ0) is 18.1. The van der Waals surface area contributed by atoms with Crippen molar-refractivity contribution in [3.8, 4) is 0 Å². The Kier molecular flexibility index (Phi) is 4.81. The lowest BCUT2D eigenvalue weighted by molar-refractivity contribution is -0.115. The van der Waals surface area contributed by atoms with Gasteiger partial charge in [-0.25, -0.2) is 4.98 Å². The summed E-state index contributed by atoms with van der Waals surface area (Å²) in [5.74, 6) is -0.0446. The lowest BCUT2D eigenvalue weighted by Crippen LogP contribution is -2.23. The number of aromatic nitrogens is 3. The zero-order valence-electron chi connectivity index (χ0n) is 15.1. The number of carbonyl (C=O) groups is 1. The summed E-state index contributed by atoms with van der Waals surface area (Å²) in [5.41, 5.74) is 4.69. The lowest BCUT2D eigenvalue weighted by atomic mass is 10.1. The van der Waals surface area contributed by atoms with Crippen LogP contribution in [0.1, 0.15) is 23.9 Å². The molecule has 0 saturated heterocycles. The van der Waals surface area contributed by atoms with Crippen LogP contribution < -0.4 is 5.32 Å². The van der Waals surface area contributed by atoms with E-state index in [2.05, 4.69) is 28.4 Å². The SMILES string of the molecule is Cc1nn(C)c(C)c1NC(=O)[C@H](C)Sc1cc(C)c2ccccc2n1. The number of carbonyl (C=O) groups excluding carboxylic acids is 1. The van der Waals surface area contributed by atoms with Crippen LogP contribution in [0.3, 0.4) is 0 Å². The first-order valence-electron chi connectivity index (χ1n) is 8.21. The van der Waals surface area contributed by atoms with E-state index in [0.717, 1.165) is 33.0 Å². The van der Waals surface area contributed by atoms with Crippen molar-refractivity contribution < 1.29 is 4.79 Å². The minimum absolute atomic E-state index is 0.0446. The van der Waals surface area contributed by atoms with E-state index in [1.165, 1.54) is 17.3 Å². The fourth-order valence-electron chi connectivity index (χ4n) is 2.79. The molecule has 0 aliphatic rings. The molecule has 0 aliphatic carbocycles. The Morgan fingerprint density at radius 1 is 1.24 bits per heavy atom. The molecule has 0 bridgehead atoms. The minimum atomic E-state index is -0.257. The summed E-state index contributed by atoms with van der Waals surface area (Å²) in [6.07, 6.45) is 0. The fraction of sp³-hybridized carbons (Fsp3) is 0.316. The molecule has 0 radical (unpaired) electrons. The molecule has 1 N–H and O–H groups in total. The largest absolute Gasteiger partial charge is 0.322 e. The highest BCUT2D eigenvalue weighted by molar-refractivity contribution is 8.00. The molecule has 6 heteroatoms. The third-order valence-electron chi connectivity index (χ3n) is 4.32. The van der Waals surface area contributed by atoms with Crippen LogP contribution in [0.15, 0.2) is 35.4 Å². The number of hydrogen-bond acceptors (Lipinski definition) is 4. The van der Waals surface area contributed by atoms with Crippen LogP contribution in [0.2, 0.25) is 0 Å². The number of anilines is 1. The van der Waals surface area contributed by atoms with Gasteiger partial charge in [0, 0.05) is 12.4 Å². The number of nitrogens with one attached hydrogen (secondary N) is 1. The number of benzene rings is 1. The Bertz CT molecular complexity index is 948. The smallest absolute Gasteiger partial charge is 0.237 e. The molecular weight excluding hydrogens is 332 g/mol. The highest BCUT2D eigenvalue weighted by atomic mass is 32.2. The highest BCUT2D eigenvalue weighted by Gasteiger charge is 2.19. The molecule has 5 nitrogen and oxygen atoms in total. The van der Waals surface area contributed by atoms with Crippen molar-refractivity contribution in [2.45, 2.75) is 38.0 Å². The second-order valence-corrected chi connectivity index (χ2v) is 7.57. The van der Waals surface area contributed by atoms with Gasteiger partial charge in [-0.1, -0.05) is 30.0 Å². The number of amides is 1. The van der Waals surface area contributed by atoms with Gasteiger partial charge in [-0.3, -0.25) is 9.48 Å². The number of fused-ring (bicyclic) bond motifs is 1. The molecule has 3 aromatic rings. The quantitative estimate of drug-likeness (QED) is 0.719. The third-order valence-corrected chi connectivity index (χ3v) is 5.34. The molecule has 130 valence electrons. The average molecular weight is 354 g/mol. The first-order valence-corrected chi connectivity index (χ1v) is 9.09. The Morgan fingerprint density at radius 2 is 1.96 bits per heavy atom. The third kappa shape index (κ3) is 3.54. The summed E-state index contributed by atoms with van der Waals surface area (Å²) in [6, 6.07) is 10.1. The van der Waals surface area contributed by atoms with E-state index in [0.29, 0.717) is 0 Å². The number of para-hydroxylation sites is 1.